The summed E-state index contributed by atoms with van der Waals surface area (Å²) in [6.45, 7) is 4.01. The van der Waals surface area contributed by atoms with Crippen molar-refractivity contribution in [2.45, 2.75) is 26.7 Å². The highest BCUT2D eigenvalue weighted by atomic mass is 35.5. The third-order valence-corrected chi connectivity index (χ3v) is 6.87. The van der Waals surface area contributed by atoms with Crippen LogP contribution in [-0.4, -0.2) is 39.5 Å². The summed E-state index contributed by atoms with van der Waals surface area (Å²) in [6.07, 6.45) is 1.35. The Kier molecular flexibility index (Phi) is 8.31. The monoisotopic (exact) mass is 535 g/mol. The van der Waals surface area contributed by atoms with Gasteiger partial charge < -0.3 is 4.90 Å². The zero-order chi connectivity index (χ0) is 26.5. The standard InChI is InChI=1S/C29H27Cl2N3O3/c1-3-16-33(28(36)21-14-15-22(30)23(31)17-21)18-25(35)26-27(20-11-6-5-7-12-20)32-34(29(26)37)24-13-9-8-10-19(24)4-2/h5-15,17,32H,3-4,16,18H2,1-2H3. The summed E-state index contributed by atoms with van der Waals surface area (Å²) < 4.78 is 1.42. The van der Waals surface area contributed by atoms with Crippen LogP contribution in [0.1, 0.15) is 46.5 Å². The lowest BCUT2D eigenvalue weighted by atomic mass is 10.0. The summed E-state index contributed by atoms with van der Waals surface area (Å²) >= 11 is 12.1. The number of carbonyl (C=O) groups excluding carboxylic acids is 2. The van der Waals surface area contributed by atoms with Gasteiger partial charge in [0.25, 0.3) is 11.5 Å². The SMILES string of the molecule is CCCN(CC(=O)c1c(-c2ccccc2)[nH]n(-c2ccccc2CC)c1=O)C(=O)c1ccc(Cl)c(Cl)c1. The van der Waals surface area contributed by atoms with Crippen LogP contribution in [0.3, 0.4) is 0 Å². The number of halogens is 2. The summed E-state index contributed by atoms with van der Waals surface area (Å²) in [5.41, 5.74) is 2.65. The van der Waals surface area contributed by atoms with Gasteiger partial charge in [-0.1, -0.05) is 85.6 Å². The van der Waals surface area contributed by atoms with Crippen molar-refractivity contribution in [2.75, 3.05) is 13.1 Å². The predicted octanol–water partition coefficient (Wildman–Crippen LogP) is 6.44. The molecule has 0 aliphatic rings. The highest BCUT2D eigenvalue weighted by Gasteiger charge is 2.27. The zero-order valence-electron chi connectivity index (χ0n) is 20.6. The minimum absolute atomic E-state index is 0.0140. The van der Waals surface area contributed by atoms with Gasteiger partial charge >= 0.3 is 0 Å². The maximum Gasteiger partial charge on any atom is 0.282 e. The average molecular weight is 536 g/mol. The number of hydrogen-bond donors (Lipinski definition) is 1. The van der Waals surface area contributed by atoms with Crippen LogP contribution in [0.5, 0.6) is 0 Å². The van der Waals surface area contributed by atoms with Crippen molar-refractivity contribution >= 4 is 34.9 Å². The number of H-pyrrole nitrogens is 1. The van der Waals surface area contributed by atoms with Crippen molar-refractivity contribution in [3.63, 3.8) is 0 Å². The Balaban J connectivity index is 1.78. The summed E-state index contributed by atoms with van der Waals surface area (Å²) in [6, 6.07) is 21.4. The lowest BCUT2D eigenvalue weighted by molar-refractivity contribution is 0.0709. The smallest absolute Gasteiger partial charge is 0.282 e. The number of Topliss-reactive ketones (excluding diaryl/α,β-unsaturated/α-hetero) is 1. The summed E-state index contributed by atoms with van der Waals surface area (Å²) in [7, 11) is 0. The van der Waals surface area contributed by atoms with Gasteiger partial charge in [-0.2, -0.15) is 0 Å². The molecular formula is C29H27Cl2N3O3. The Hall–Kier alpha value is -3.61. The molecule has 4 rings (SSSR count). The van der Waals surface area contributed by atoms with E-state index in [2.05, 4.69) is 5.10 Å². The van der Waals surface area contributed by atoms with Gasteiger partial charge in [0.15, 0.2) is 5.78 Å². The van der Waals surface area contributed by atoms with E-state index in [-0.39, 0.29) is 23.0 Å². The first-order valence-electron chi connectivity index (χ1n) is 12.1. The van der Waals surface area contributed by atoms with E-state index < -0.39 is 11.3 Å². The second-order valence-electron chi connectivity index (χ2n) is 8.63. The number of aryl methyl sites for hydroxylation is 1. The molecule has 1 heterocycles. The second-order valence-corrected chi connectivity index (χ2v) is 9.44. The summed E-state index contributed by atoms with van der Waals surface area (Å²) in [5, 5.41) is 3.76. The quantitative estimate of drug-likeness (QED) is 0.250. The van der Waals surface area contributed by atoms with Crippen molar-refractivity contribution in [3.8, 4) is 16.9 Å². The lowest BCUT2D eigenvalue weighted by Crippen LogP contribution is -2.37. The fourth-order valence-electron chi connectivity index (χ4n) is 4.29. The Morgan fingerprint density at radius 3 is 2.30 bits per heavy atom. The molecule has 0 spiro atoms. The molecule has 1 amide bonds. The van der Waals surface area contributed by atoms with E-state index >= 15 is 0 Å². The topological polar surface area (TPSA) is 75.2 Å². The number of aromatic nitrogens is 2. The van der Waals surface area contributed by atoms with E-state index in [1.807, 2.05) is 68.4 Å². The molecule has 0 saturated heterocycles. The molecule has 0 aliphatic heterocycles. The first-order chi connectivity index (χ1) is 17.8. The molecule has 0 bridgehead atoms. The van der Waals surface area contributed by atoms with Crippen LogP contribution in [-0.2, 0) is 6.42 Å². The van der Waals surface area contributed by atoms with Gasteiger partial charge in [-0.05, 0) is 42.7 Å². The minimum atomic E-state index is -0.455. The number of ketones is 1. The van der Waals surface area contributed by atoms with E-state index in [4.69, 9.17) is 23.2 Å². The van der Waals surface area contributed by atoms with E-state index in [9.17, 15) is 14.4 Å². The number of nitrogens with zero attached hydrogens (tertiary/aromatic N) is 2. The second kappa shape index (κ2) is 11.6. The van der Waals surface area contributed by atoms with Crippen LogP contribution < -0.4 is 5.56 Å². The third kappa shape index (κ3) is 5.55. The van der Waals surface area contributed by atoms with Gasteiger partial charge in [-0.3, -0.25) is 19.5 Å². The molecule has 4 aromatic rings. The van der Waals surface area contributed by atoms with Crippen molar-refractivity contribution in [1.29, 1.82) is 0 Å². The predicted molar refractivity (Wildman–Crippen MR) is 148 cm³/mol. The van der Waals surface area contributed by atoms with Gasteiger partial charge in [-0.25, -0.2) is 4.68 Å². The van der Waals surface area contributed by atoms with Gasteiger partial charge in [0.1, 0.15) is 5.56 Å². The zero-order valence-corrected chi connectivity index (χ0v) is 22.1. The van der Waals surface area contributed by atoms with Crippen molar-refractivity contribution < 1.29 is 9.59 Å². The Labute approximate surface area is 225 Å². The molecule has 3 aromatic carbocycles. The fraction of sp³-hybridized carbons (Fsp3) is 0.207. The molecule has 1 aromatic heterocycles. The van der Waals surface area contributed by atoms with Crippen LogP contribution in [0.2, 0.25) is 10.0 Å². The Morgan fingerprint density at radius 1 is 0.919 bits per heavy atom. The molecular weight excluding hydrogens is 509 g/mol. The molecule has 6 nitrogen and oxygen atoms in total. The van der Waals surface area contributed by atoms with E-state index in [1.165, 1.54) is 15.6 Å². The number of rotatable bonds is 9. The third-order valence-electron chi connectivity index (χ3n) is 6.13. The first-order valence-corrected chi connectivity index (χ1v) is 12.9. The molecule has 37 heavy (non-hydrogen) atoms. The molecule has 0 radical (unpaired) electrons. The number of carbonyl (C=O) groups is 2. The number of hydrogen-bond acceptors (Lipinski definition) is 3. The molecule has 190 valence electrons. The highest BCUT2D eigenvalue weighted by molar-refractivity contribution is 6.42. The fourth-order valence-corrected chi connectivity index (χ4v) is 4.59. The molecule has 0 aliphatic carbocycles. The molecule has 0 fully saturated rings. The van der Waals surface area contributed by atoms with Crippen LogP contribution in [0.15, 0.2) is 77.6 Å². The molecule has 0 atom stereocenters. The van der Waals surface area contributed by atoms with E-state index in [1.54, 1.807) is 12.1 Å². The van der Waals surface area contributed by atoms with Crippen molar-refractivity contribution in [3.05, 3.63) is 110 Å². The average Bonchev–Trinajstić information content (AvgIpc) is 3.26. The van der Waals surface area contributed by atoms with E-state index in [0.717, 1.165) is 5.56 Å². The van der Waals surface area contributed by atoms with Crippen molar-refractivity contribution in [2.24, 2.45) is 0 Å². The van der Waals surface area contributed by atoms with Crippen LogP contribution in [0.4, 0.5) is 0 Å². The number of benzene rings is 3. The van der Waals surface area contributed by atoms with Crippen LogP contribution in [0.25, 0.3) is 16.9 Å². The number of nitrogens with one attached hydrogen (secondary N) is 1. The normalized spacial score (nSPS) is 10.9. The number of aromatic amines is 1. The van der Waals surface area contributed by atoms with E-state index in [0.29, 0.717) is 46.9 Å². The number of amides is 1. The maximum atomic E-state index is 13.7. The van der Waals surface area contributed by atoms with Crippen molar-refractivity contribution in [1.82, 2.24) is 14.7 Å². The van der Waals surface area contributed by atoms with Gasteiger partial charge in [0, 0.05) is 17.7 Å². The number of para-hydroxylation sites is 1. The minimum Gasteiger partial charge on any atom is -0.331 e. The van der Waals surface area contributed by atoms with Crippen LogP contribution >= 0.6 is 23.2 Å². The first kappa shape index (κ1) is 26.5. The molecule has 1 N–H and O–H groups in total. The highest BCUT2D eigenvalue weighted by Crippen LogP contribution is 2.25. The molecule has 0 saturated carbocycles. The summed E-state index contributed by atoms with van der Waals surface area (Å²) in [5.74, 6) is -0.808. The Morgan fingerprint density at radius 2 is 1.62 bits per heavy atom. The largest absolute Gasteiger partial charge is 0.331 e. The molecule has 8 heteroatoms. The Bertz CT molecular complexity index is 1490. The molecule has 0 unspecified atom stereocenters. The lowest BCUT2D eigenvalue weighted by Gasteiger charge is -2.21. The van der Waals surface area contributed by atoms with Gasteiger partial charge in [0.05, 0.1) is 28.0 Å². The summed E-state index contributed by atoms with van der Waals surface area (Å²) in [4.78, 5) is 42.2. The van der Waals surface area contributed by atoms with Crippen LogP contribution in [0, 0.1) is 0 Å². The maximum absolute atomic E-state index is 13.7. The van der Waals surface area contributed by atoms with Gasteiger partial charge in [-0.15, -0.1) is 0 Å². The van der Waals surface area contributed by atoms with Gasteiger partial charge in [0.2, 0.25) is 0 Å².